The Bertz CT molecular complexity index is 1030. The third-order valence-electron chi connectivity index (χ3n) is 5.23. The van der Waals surface area contributed by atoms with Crippen molar-refractivity contribution in [3.63, 3.8) is 0 Å². The summed E-state index contributed by atoms with van der Waals surface area (Å²) in [6.07, 6.45) is 0. The SMILES string of the molecule is Cc1cc2ccccc2c(SSc2c(C)c(C)cc3ccccc23)c1C. The zero-order chi connectivity index (χ0) is 18.3. The smallest absolute Gasteiger partial charge is 0.0296 e. The van der Waals surface area contributed by atoms with E-state index in [4.69, 9.17) is 0 Å². The number of hydrogen-bond acceptors (Lipinski definition) is 2. The molecule has 4 aromatic carbocycles. The molecular formula is C24H22S2. The number of hydrogen-bond donors (Lipinski definition) is 0. The summed E-state index contributed by atoms with van der Waals surface area (Å²) in [4.78, 5) is 2.77. The van der Waals surface area contributed by atoms with Crippen LogP contribution in [0.4, 0.5) is 0 Å². The van der Waals surface area contributed by atoms with Gasteiger partial charge >= 0.3 is 0 Å². The minimum absolute atomic E-state index is 1.32. The Morgan fingerprint density at radius 3 is 1.35 bits per heavy atom. The Balaban J connectivity index is 1.82. The number of rotatable bonds is 3. The molecule has 26 heavy (non-hydrogen) atoms. The van der Waals surface area contributed by atoms with Crippen LogP contribution in [0, 0.1) is 27.7 Å². The lowest BCUT2D eigenvalue weighted by atomic mass is 10.0. The molecule has 0 bridgehead atoms. The summed E-state index contributed by atoms with van der Waals surface area (Å²) in [5.74, 6) is 0. The van der Waals surface area contributed by atoms with Crippen molar-refractivity contribution in [3.8, 4) is 0 Å². The summed E-state index contributed by atoms with van der Waals surface area (Å²) in [6.45, 7) is 8.91. The Kier molecular flexibility index (Phi) is 4.73. The van der Waals surface area contributed by atoms with Crippen molar-refractivity contribution in [3.05, 3.63) is 82.9 Å². The molecular weight excluding hydrogens is 352 g/mol. The molecule has 0 N–H and O–H groups in total. The van der Waals surface area contributed by atoms with Crippen LogP contribution in [-0.2, 0) is 0 Å². The Morgan fingerprint density at radius 1 is 0.538 bits per heavy atom. The van der Waals surface area contributed by atoms with Gasteiger partial charge in [0.2, 0.25) is 0 Å². The maximum absolute atomic E-state index is 2.30. The van der Waals surface area contributed by atoms with Gasteiger partial charge in [0.1, 0.15) is 0 Å². The molecule has 0 spiro atoms. The molecule has 0 aliphatic carbocycles. The van der Waals surface area contributed by atoms with Crippen LogP contribution in [0.2, 0.25) is 0 Å². The topological polar surface area (TPSA) is 0 Å². The quantitative estimate of drug-likeness (QED) is 0.333. The minimum Gasteiger partial charge on any atom is -0.0616 e. The highest BCUT2D eigenvalue weighted by atomic mass is 33.1. The van der Waals surface area contributed by atoms with Gasteiger partial charge in [-0.05, 0) is 71.5 Å². The van der Waals surface area contributed by atoms with Crippen molar-refractivity contribution in [1.29, 1.82) is 0 Å². The first-order chi connectivity index (χ1) is 12.6. The predicted molar refractivity (Wildman–Crippen MR) is 119 cm³/mol. The van der Waals surface area contributed by atoms with Gasteiger partial charge in [-0.2, -0.15) is 0 Å². The highest BCUT2D eigenvalue weighted by Crippen LogP contribution is 2.46. The van der Waals surface area contributed by atoms with E-state index in [9.17, 15) is 0 Å². The first-order valence-corrected chi connectivity index (χ1v) is 11.0. The van der Waals surface area contributed by atoms with E-state index in [1.165, 1.54) is 53.6 Å². The van der Waals surface area contributed by atoms with Crippen LogP contribution < -0.4 is 0 Å². The fourth-order valence-corrected chi connectivity index (χ4v) is 6.48. The fraction of sp³-hybridized carbons (Fsp3) is 0.167. The normalized spacial score (nSPS) is 11.4. The van der Waals surface area contributed by atoms with E-state index in [0.717, 1.165) is 0 Å². The summed E-state index contributed by atoms with van der Waals surface area (Å²) in [5, 5.41) is 5.35. The van der Waals surface area contributed by atoms with Crippen molar-refractivity contribution < 1.29 is 0 Å². The van der Waals surface area contributed by atoms with E-state index in [-0.39, 0.29) is 0 Å². The second-order valence-corrected chi connectivity index (χ2v) is 9.05. The molecule has 130 valence electrons. The lowest BCUT2D eigenvalue weighted by molar-refractivity contribution is 1.27. The van der Waals surface area contributed by atoms with Gasteiger partial charge in [0.05, 0.1) is 0 Å². The molecule has 4 rings (SSSR count). The van der Waals surface area contributed by atoms with E-state index in [0.29, 0.717) is 0 Å². The molecule has 0 aliphatic heterocycles. The van der Waals surface area contributed by atoms with Gasteiger partial charge in [0, 0.05) is 9.79 Å². The summed E-state index contributed by atoms with van der Waals surface area (Å²) >= 11 is 0. The van der Waals surface area contributed by atoms with E-state index in [1.54, 1.807) is 0 Å². The van der Waals surface area contributed by atoms with Gasteiger partial charge in [-0.25, -0.2) is 0 Å². The summed E-state index contributed by atoms with van der Waals surface area (Å²) < 4.78 is 0. The lowest BCUT2D eigenvalue weighted by Gasteiger charge is -2.15. The molecule has 0 aliphatic rings. The summed E-state index contributed by atoms with van der Waals surface area (Å²) in [7, 11) is 3.80. The second-order valence-electron chi connectivity index (χ2n) is 6.90. The number of aryl methyl sites for hydroxylation is 2. The molecule has 0 amide bonds. The number of fused-ring (bicyclic) bond motifs is 2. The molecule has 2 heteroatoms. The highest BCUT2D eigenvalue weighted by molar-refractivity contribution is 8.76. The average Bonchev–Trinajstić information content (AvgIpc) is 2.65. The standard InChI is InChI=1S/C24H22S2/c1-15-13-19-9-5-7-11-21(19)23(17(15)3)25-26-24-18(4)16(2)14-20-10-6-8-12-22(20)24/h5-14H,1-4H3. The Morgan fingerprint density at radius 2 is 0.923 bits per heavy atom. The van der Waals surface area contributed by atoms with Crippen LogP contribution in [0.1, 0.15) is 22.3 Å². The zero-order valence-electron chi connectivity index (χ0n) is 15.6. The number of benzene rings is 4. The van der Waals surface area contributed by atoms with Crippen molar-refractivity contribution in [2.24, 2.45) is 0 Å². The maximum atomic E-state index is 2.30. The van der Waals surface area contributed by atoms with Crippen LogP contribution in [0.15, 0.2) is 70.5 Å². The van der Waals surface area contributed by atoms with Gasteiger partial charge in [0.15, 0.2) is 0 Å². The fourth-order valence-electron chi connectivity index (χ4n) is 3.40. The Labute approximate surface area is 163 Å². The predicted octanol–water partition coefficient (Wildman–Crippen LogP) is 8.03. The van der Waals surface area contributed by atoms with Gasteiger partial charge in [-0.3, -0.25) is 0 Å². The molecule has 0 saturated heterocycles. The molecule has 0 atom stereocenters. The molecule has 0 radical (unpaired) electrons. The van der Waals surface area contributed by atoms with E-state index in [2.05, 4.69) is 88.4 Å². The van der Waals surface area contributed by atoms with Gasteiger partial charge in [-0.1, -0.05) is 82.3 Å². The van der Waals surface area contributed by atoms with Crippen LogP contribution >= 0.6 is 21.6 Å². The molecule has 4 aromatic rings. The molecule has 0 saturated carbocycles. The van der Waals surface area contributed by atoms with E-state index < -0.39 is 0 Å². The van der Waals surface area contributed by atoms with Crippen LogP contribution in [0.25, 0.3) is 21.5 Å². The monoisotopic (exact) mass is 374 g/mol. The maximum Gasteiger partial charge on any atom is 0.0296 e. The van der Waals surface area contributed by atoms with Crippen molar-refractivity contribution in [1.82, 2.24) is 0 Å². The molecule has 0 nitrogen and oxygen atoms in total. The molecule has 0 fully saturated rings. The first kappa shape index (κ1) is 17.5. The van der Waals surface area contributed by atoms with Gasteiger partial charge < -0.3 is 0 Å². The zero-order valence-corrected chi connectivity index (χ0v) is 17.2. The lowest BCUT2D eigenvalue weighted by Crippen LogP contribution is -1.89. The van der Waals surface area contributed by atoms with Crippen molar-refractivity contribution >= 4 is 43.1 Å². The molecule has 0 aromatic heterocycles. The Hall–Kier alpha value is -1.90. The highest BCUT2D eigenvalue weighted by Gasteiger charge is 2.13. The van der Waals surface area contributed by atoms with Crippen molar-refractivity contribution in [2.75, 3.05) is 0 Å². The van der Waals surface area contributed by atoms with Crippen molar-refractivity contribution in [2.45, 2.75) is 37.5 Å². The average molecular weight is 375 g/mol. The van der Waals surface area contributed by atoms with Gasteiger partial charge in [0.25, 0.3) is 0 Å². The first-order valence-electron chi connectivity index (χ1n) is 8.88. The largest absolute Gasteiger partial charge is 0.0616 e. The third-order valence-corrected chi connectivity index (χ3v) is 7.95. The summed E-state index contributed by atoms with van der Waals surface area (Å²) in [5.41, 5.74) is 5.49. The van der Waals surface area contributed by atoms with E-state index >= 15 is 0 Å². The second kappa shape index (κ2) is 7.02. The molecule has 0 unspecified atom stereocenters. The van der Waals surface area contributed by atoms with E-state index in [1.807, 2.05) is 21.6 Å². The third kappa shape index (κ3) is 3.02. The van der Waals surface area contributed by atoms with Crippen LogP contribution in [0.3, 0.4) is 0 Å². The van der Waals surface area contributed by atoms with Gasteiger partial charge in [-0.15, -0.1) is 0 Å². The van der Waals surface area contributed by atoms with Crippen LogP contribution in [-0.4, -0.2) is 0 Å². The minimum atomic E-state index is 1.32. The van der Waals surface area contributed by atoms with Crippen LogP contribution in [0.5, 0.6) is 0 Å². The molecule has 0 heterocycles. The summed E-state index contributed by atoms with van der Waals surface area (Å²) in [6, 6.07) is 22.0.